The Balaban J connectivity index is 0.677. The van der Waals surface area contributed by atoms with Gasteiger partial charge in [-0.2, -0.15) is 5.48 Å². The number of hydrogen-bond acceptors (Lipinski definition) is 17. The van der Waals surface area contributed by atoms with E-state index in [1.165, 1.54) is 9.96 Å². The van der Waals surface area contributed by atoms with Crippen molar-refractivity contribution in [2.24, 2.45) is 5.41 Å². The molecule has 2 saturated heterocycles. The number of amides is 4. The van der Waals surface area contributed by atoms with Crippen molar-refractivity contribution in [3.05, 3.63) is 106 Å². The van der Waals surface area contributed by atoms with Crippen LogP contribution in [0.4, 0.5) is 14.5 Å². The number of halogens is 2. The van der Waals surface area contributed by atoms with Crippen molar-refractivity contribution in [3.8, 4) is 10.4 Å². The van der Waals surface area contributed by atoms with Crippen molar-refractivity contribution in [2.75, 3.05) is 91.0 Å². The van der Waals surface area contributed by atoms with E-state index >= 15 is 0 Å². The molecule has 1 unspecified atom stereocenters. The van der Waals surface area contributed by atoms with E-state index in [2.05, 4.69) is 31.4 Å². The second-order valence-electron chi connectivity index (χ2n) is 19.5. The number of anilines is 1. The number of likely N-dealkylation sites (tertiary alicyclic amines) is 1. The number of aryl methyl sites for hydroxylation is 1. The predicted molar refractivity (Wildman–Crippen MR) is 279 cm³/mol. The maximum absolute atomic E-state index is 13.9. The highest BCUT2D eigenvalue weighted by atomic mass is 32.1. The Morgan fingerprint density at radius 2 is 1.49 bits per heavy atom. The van der Waals surface area contributed by atoms with E-state index in [-0.39, 0.29) is 95.5 Å². The molecule has 0 aliphatic carbocycles. The highest BCUT2D eigenvalue weighted by Gasteiger charge is 2.46. The molecule has 5 aromatic rings. The number of carbonyl (C=O) groups excluding carboxylic acids is 4. The Morgan fingerprint density at radius 1 is 0.844 bits per heavy atom. The molecule has 4 amide bonds. The van der Waals surface area contributed by atoms with E-state index in [4.69, 9.17) is 33.4 Å². The number of thiazole rings is 1. The van der Waals surface area contributed by atoms with Crippen LogP contribution in [-0.4, -0.2) is 159 Å². The Kier molecular flexibility index (Phi) is 21.3. The van der Waals surface area contributed by atoms with Gasteiger partial charge in [-0.25, -0.2) is 18.6 Å². The van der Waals surface area contributed by atoms with Gasteiger partial charge in [0.1, 0.15) is 29.4 Å². The zero-order valence-electron chi connectivity index (χ0n) is 43.6. The minimum Gasteiger partial charge on any atom is -0.391 e. The summed E-state index contributed by atoms with van der Waals surface area (Å²) in [4.78, 5) is 73.9. The minimum absolute atomic E-state index is 0.0249. The van der Waals surface area contributed by atoms with E-state index in [1.54, 1.807) is 35.6 Å². The molecule has 418 valence electrons. The number of β-amino-alcohol motifs (C(OH)–C–C–N with tert-alkyl or cyclic N) is 1. The first-order valence-corrected chi connectivity index (χ1v) is 26.2. The van der Waals surface area contributed by atoms with Crippen LogP contribution in [-0.2, 0) is 60.8 Å². The molecular formula is C53H68F2N8O13S. The molecule has 0 saturated carbocycles. The number of hydroxylamine groups is 2. The average Bonchev–Trinajstić information content (AvgIpc) is 4.23. The smallest absolute Gasteiger partial charge is 0.282 e. The van der Waals surface area contributed by atoms with E-state index in [9.17, 15) is 38.2 Å². The zero-order chi connectivity index (χ0) is 55.0. The second kappa shape index (κ2) is 28.0. The predicted octanol–water partition coefficient (Wildman–Crippen LogP) is 4.01. The van der Waals surface area contributed by atoms with Crippen molar-refractivity contribution in [1.29, 1.82) is 0 Å². The zero-order valence-corrected chi connectivity index (χ0v) is 44.4. The van der Waals surface area contributed by atoms with Crippen LogP contribution in [0.25, 0.3) is 21.3 Å². The number of H-pyrrole nitrogens is 1. The molecule has 3 aromatic carbocycles. The third-order valence-electron chi connectivity index (χ3n) is 12.6. The Labute approximate surface area is 448 Å². The maximum Gasteiger partial charge on any atom is 0.282 e. The summed E-state index contributed by atoms with van der Waals surface area (Å²) in [5.41, 5.74) is 8.67. The summed E-state index contributed by atoms with van der Waals surface area (Å²) in [6.45, 7) is 10.8. The lowest BCUT2D eigenvalue weighted by atomic mass is 9.86. The first kappa shape index (κ1) is 58.6. The van der Waals surface area contributed by atoms with Crippen LogP contribution < -0.4 is 26.5 Å². The first-order valence-electron chi connectivity index (χ1n) is 25.3. The van der Waals surface area contributed by atoms with E-state index in [1.807, 2.05) is 57.5 Å². The average molecular weight is 1100 g/mol. The summed E-state index contributed by atoms with van der Waals surface area (Å²) in [5.74, 6) is -5.66. The third-order valence-corrected chi connectivity index (χ3v) is 13.5. The van der Waals surface area contributed by atoms with Crippen LogP contribution in [0.3, 0.4) is 0 Å². The molecule has 4 atom stereocenters. The van der Waals surface area contributed by atoms with Gasteiger partial charge in [0.05, 0.1) is 93.9 Å². The number of aromatic nitrogens is 2. The number of nitrogens with zero attached hydrogens (tertiary/aromatic N) is 3. The third kappa shape index (κ3) is 17.0. The van der Waals surface area contributed by atoms with Crippen LogP contribution in [0.1, 0.15) is 60.9 Å². The fourth-order valence-electron chi connectivity index (χ4n) is 8.45. The van der Waals surface area contributed by atoms with Gasteiger partial charge in [0, 0.05) is 56.0 Å². The number of rotatable bonds is 29. The van der Waals surface area contributed by atoms with Crippen LogP contribution in [0, 0.1) is 24.0 Å². The van der Waals surface area contributed by atoms with Gasteiger partial charge in [0.25, 0.3) is 17.6 Å². The summed E-state index contributed by atoms with van der Waals surface area (Å²) >= 11 is 1.57. The van der Waals surface area contributed by atoms with Gasteiger partial charge in [-0.3, -0.25) is 29.1 Å². The molecule has 4 heterocycles. The highest BCUT2D eigenvalue weighted by Crippen LogP contribution is 2.32. The molecular weight excluding hydrogens is 1030 g/mol. The van der Waals surface area contributed by atoms with Gasteiger partial charge in [-0.15, -0.1) is 11.3 Å². The standard InChI is InChI=1S/C53H68F2N8O13S/c1-34-46(77-32-59-34)37-7-5-35(6-8-37)29-57-49(66)45-28-42(64)31-62(45)50(67)47(52(2,3)4)61-75-33-74-22-21-73-20-19-72-18-17-71-16-15-70-14-12-56-48(65)44-26-38-25-41(9-10-43(38)60-44)63-13-11-53(69,76-63)51(68)58-30-36-23-39(54)27-40(55)24-36/h5-10,23-27,32,42,45,47,60-61,64,69H,11-22,28-31,33H2,1-4H3,(H,56,65)(H,57,66)(H,58,68)/t42-,45+,47-,53?/m1/s1. The molecule has 21 nitrogen and oxygen atoms in total. The number of ether oxygens (including phenoxy) is 5. The number of benzene rings is 3. The molecule has 0 bridgehead atoms. The van der Waals surface area contributed by atoms with E-state index < -0.39 is 46.9 Å². The Bertz CT molecular complexity index is 2720. The Morgan fingerprint density at radius 3 is 2.14 bits per heavy atom. The van der Waals surface area contributed by atoms with Crippen molar-refractivity contribution in [3.63, 3.8) is 0 Å². The molecule has 2 aromatic heterocycles. The Hall–Kier alpha value is -6.03. The van der Waals surface area contributed by atoms with Crippen LogP contribution >= 0.6 is 11.3 Å². The van der Waals surface area contributed by atoms with Gasteiger partial charge in [-0.1, -0.05) is 45.0 Å². The van der Waals surface area contributed by atoms with Crippen LogP contribution in [0.15, 0.2) is 72.2 Å². The molecule has 0 radical (unpaired) electrons. The summed E-state index contributed by atoms with van der Waals surface area (Å²) in [6, 6.07) is 16.0. The monoisotopic (exact) mass is 1090 g/mol. The largest absolute Gasteiger partial charge is 0.391 e. The van der Waals surface area contributed by atoms with Gasteiger partial charge < -0.3 is 59.7 Å². The van der Waals surface area contributed by atoms with Crippen LogP contribution in [0.5, 0.6) is 0 Å². The van der Waals surface area contributed by atoms with Crippen molar-refractivity contribution in [1.82, 2.24) is 36.3 Å². The minimum atomic E-state index is -2.19. The molecule has 2 fully saturated rings. The summed E-state index contributed by atoms with van der Waals surface area (Å²) in [7, 11) is 0. The molecule has 2 aliphatic rings. The van der Waals surface area contributed by atoms with Crippen LogP contribution in [0.2, 0.25) is 0 Å². The number of carbonyl (C=O) groups is 4. The molecule has 24 heteroatoms. The molecule has 2 aliphatic heterocycles. The van der Waals surface area contributed by atoms with Gasteiger partial charge in [0.15, 0.2) is 6.79 Å². The summed E-state index contributed by atoms with van der Waals surface area (Å²) < 4.78 is 54.8. The molecule has 0 spiro atoms. The number of aliphatic hydroxyl groups excluding tert-OH is 1. The maximum atomic E-state index is 13.9. The fourth-order valence-corrected chi connectivity index (χ4v) is 9.26. The number of hydrogen-bond donors (Lipinski definition) is 7. The first-order chi connectivity index (χ1) is 37.0. The number of nitrogens with one attached hydrogen (secondary N) is 5. The highest BCUT2D eigenvalue weighted by molar-refractivity contribution is 7.13. The second-order valence-corrected chi connectivity index (χ2v) is 20.4. The normalized spacial score (nSPS) is 18.0. The van der Waals surface area contributed by atoms with Gasteiger partial charge in [-0.05, 0) is 65.4 Å². The fraction of sp³-hybridized carbons (Fsp3) is 0.491. The lowest BCUT2D eigenvalue weighted by molar-refractivity contribution is -0.193. The van der Waals surface area contributed by atoms with E-state index in [0.717, 1.165) is 39.9 Å². The van der Waals surface area contributed by atoms with E-state index in [0.29, 0.717) is 61.9 Å². The number of fused-ring (bicyclic) bond motifs is 1. The summed E-state index contributed by atoms with van der Waals surface area (Å²) in [5, 5.41) is 31.7. The SMILES string of the molecule is Cc1ncsc1-c1ccc(CNC(=O)[C@@H]2C[C@@H](O)CN2C(=O)[C@@H](NOCOCCOCCOCCOCCOCCNC(=O)c2cc3cc(N4CCC(O)(C(=O)NCc5cc(F)cc(F)c5)O4)ccc3[nH]2)C(C)(C)C)cc1. The van der Waals surface area contributed by atoms with Crippen molar-refractivity contribution in [2.45, 2.75) is 77.6 Å². The van der Waals surface area contributed by atoms with Crippen molar-refractivity contribution < 1.29 is 71.5 Å². The van der Waals surface area contributed by atoms with Gasteiger partial charge in [0.2, 0.25) is 11.8 Å². The van der Waals surface area contributed by atoms with Crippen molar-refractivity contribution >= 4 is 51.6 Å². The number of aliphatic hydroxyl groups is 2. The molecule has 77 heavy (non-hydrogen) atoms. The van der Waals surface area contributed by atoms with Gasteiger partial charge >= 0.3 is 0 Å². The quantitative estimate of drug-likeness (QED) is 0.0203. The molecule has 7 N–H and O–H groups in total. The lowest BCUT2D eigenvalue weighted by Gasteiger charge is -2.34. The molecule has 7 rings (SSSR count). The topological polar surface area (TPSA) is 257 Å². The summed E-state index contributed by atoms with van der Waals surface area (Å²) in [6.07, 6.45) is -0.775. The number of aromatic amines is 1. The lowest BCUT2D eigenvalue weighted by Crippen LogP contribution is -2.56.